The van der Waals surface area contributed by atoms with Crippen molar-refractivity contribution in [2.24, 2.45) is 0 Å². The van der Waals surface area contributed by atoms with Crippen molar-refractivity contribution in [3.05, 3.63) is 23.0 Å². The summed E-state index contributed by atoms with van der Waals surface area (Å²) in [4.78, 5) is 3.28. The number of β-amino-alcohol motifs (C(OH)–C–C–N with tert-alkyl or cyclic N) is 1. The molecule has 7 heteroatoms. The highest BCUT2D eigenvalue weighted by molar-refractivity contribution is 7.80. The summed E-state index contributed by atoms with van der Waals surface area (Å²) < 4.78 is 19.3. The number of benzene rings is 1. The number of hydrogen-bond acceptors (Lipinski definition) is 3. The molecule has 116 valence electrons. The lowest BCUT2D eigenvalue weighted by molar-refractivity contribution is 0.177. The van der Waals surface area contributed by atoms with Crippen molar-refractivity contribution in [1.29, 1.82) is 0 Å². The normalized spacial score (nSPS) is 18.5. The molecule has 1 N–H and O–H groups in total. The molecule has 21 heavy (non-hydrogen) atoms. The van der Waals surface area contributed by atoms with Gasteiger partial charge in [0.25, 0.3) is 0 Å². The highest BCUT2D eigenvalue weighted by Gasteiger charge is 2.35. The second-order valence-electron chi connectivity index (χ2n) is 4.87. The van der Waals surface area contributed by atoms with Gasteiger partial charge in [-0.25, -0.2) is 4.39 Å². The summed E-state index contributed by atoms with van der Waals surface area (Å²) in [6.45, 7) is 3.19. The van der Waals surface area contributed by atoms with Crippen LogP contribution in [0.15, 0.2) is 12.1 Å². The predicted octanol–water partition coefficient (Wildman–Crippen LogP) is 3.01. The van der Waals surface area contributed by atoms with E-state index in [1.54, 1.807) is 0 Å². The number of aliphatic hydroxyl groups is 1. The molecule has 0 spiro atoms. The van der Waals surface area contributed by atoms with E-state index in [2.05, 4.69) is 6.92 Å². The minimum atomic E-state index is -0.880. The molecule has 0 radical (unpaired) electrons. The molecule has 1 atom stereocenters. The van der Waals surface area contributed by atoms with Crippen molar-refractivity contribution in [3.8, 4) is 5.75 Å². The van der Waals surface area contributed by atoms with Crippen LogP contribution in [0.1, 0.15) is 19.8 Å². The van der Waals surface area contributed by atoms with Gasteiger partial charge in [-0.3, -0.25) is 4.90 Å². The van der Waals surface area contributed by atoms with Crippen LogP contribution in [0.2, 0.25) is 5.02 Å². The monoisotopic (exact) mass is 332 g/mol. The van der Waals surface area contributed by atoms with Gasteiger partial charge in [-0.1, -0.05) is 24.9 Å². The van der Waals surface area contributed by atoms with Gasteiger partial charge in [-0.15, -0.1) is 0 Å². The van der Waals surface area contributed by atoms with E-state index in [1.165, 1.54) is 24.1 Å². The zero-order valence-corrected chi connectivity index (χ0v) is 13.5. The molecule has 0 amide bonds. The summed E-state index contributed by atoms with van der Waals surface area (Å²) in [6, 6.07) is 2.62. The Morgan fingerprint density at radius 2 is 2.24 bits per heavy atom. The largest absolute Gasteiger partial charge is 0.495 e. The predicted molar refractivity (Wildman–Crippen MR) is 85.5 cm³/mol. The average Bonchev–Trinajstić information content (AvgIpc) is 2.72. The third kappa shape index (κ3) is 3.22. The van der Waals surface area contributed by atoms with E-state index in [1.807, 2.05) is 4.90 Å². The molecule has 1 aromatic carbocycles. The van der Waals surface area contributed by atoms with Crippen molar-refractivity contribution in [2.75, 3.05) is 25.1 Å². The van der Waals surface area contributed by atoms with E-state index < -0.39 is 12.0 Å². The van der Waals surface area contributed by atoms with Crippen molar-refractivity contribution in [2.45, 2.75) is 26.0 Å². The fraction of sp³-hybridized carbons (Fsp3) is 0.500. The van der Waals surface area contributed by atoms with Gasteiger partial charge in [0.2, 0.25) is 0 Å². The maximum absolute atomic E-state index is 14.2. The van der Waals surface area contributed by atoms with Crippen LogP contribution in [0.3, 0.4) is 0 Å². The maximum Gasteiger partial charge on any atom is 0.178 e. The quantitative estimate of drug-likeness (QED) is 0.839. The molecule has 1 saturated heterocycles. The van der Waals surface area contributed by atoms with Gasteiger partial charge in [-0.05, 0) is 24.7 Å². The zero-order chi connectivity index (χ0) is 15.6. The summed E-state index contributed by atoms with van der Waals surface area (Å²) in [5.74, 6) is -0.199. The lowest BCUT2D eigenvalue weighted by Gasteiger charge is -2.24. The van der Waals surface area contributed by atoms with Gasteiger partial charge in [0.05, 0.1) is 24.4 Å². The second-order valence-corrected chi connectivity index (χ2v) is 5.64. The molecule has 1 heterocycles. The Labute approximate surface area is 134 Å². The van der Waals surface area contributed by atoms with Crippen molar-refractivity contribution >= 4 is 34.6 Å². The number of rotatable bonds is 5. The lowest BCUT2D eigenvalue weighted by Crippen LogP contribution is -2.35. The topological polar surface area (TPSA) is 35.9 Å². The Morgan fingerprint density at radius 3 is 2.86 bits per heavy atom. The fourth-order valence-corrected chi connectivity index (χ4v) is 2.91. The molecule has 4 nitrogen and oxygen atoms in total. The number of anilines is 1. The summed E-state index contributed by atoms with van der Waals surface area (Å²) in [6.07, 6.45) is 1.11. The minimum absolute atomic E-state index is 0.174. The van der Waals surface area contributed by atoms with Crippen LogP contribution >= 0.6 is 23.8 Å². The molecule has 0 aliphatic carbocycles. The first-order chi connectivity index (χ1) is 9.99. The van der Waals surface area contributed by atoms with Crippen LogP contribution in [0, 0.1) is 5.82 Å². The standard InChI is InChI=1S/C14H18ClFN2O2S/c1-3-4-5-17-8-13(19)18(14(17)21)11-7-12(20-2)9(15)6-10(11)16/h6-7,13,19H,3-5,8H2,1-2H3. The maximum atomic E-state index is 14.2. The zero-order valence-electron chi connectivity index (χ0n) is 12.0. The summed E-state index contributed by atoms with van der Waals surface area (Å²) in [5, 5.41) is 10.8. The van der Waals surface area contributed by atoms with Crippen molar-refractivity contribution in [1.82, 2.24) is 4.90 Å². The average molecular weight is 333 g/mol. The van der Waals surface area contributed by atoms with Gasteiger partial charge in [0, 0.05) is 12.6 Å². The van der Waals surface area contributed by atoms with Gasteiger partial charge in [-0.2, -0.15) is 0 Å². The van der Waals surface area contributed by atoms with Gasteiger partial charge >= 0.3 is 0 Å². The molecule has 1 aromatic rings. The van der Waals surface area contributed by atoms with Gasteiger partial charge < -0.3 is 14.7 Å². The Hall–Kier alpha value is -1.11. The molecule has 0 saturated carbocycles. The molecule has 1 aliphatic heterocycles. The molecule has 1 aliphatic rings. The van der Waals surface area contributed by atoms with E-state index >= 15 is 0 Å². The number of ether oxygens (including phenoxy) is 1. The van der Waals surface area contributed by atoms with Crippen LogP contribution in [-0.4, -0.2) is 41.5 Å². The lowest BCUT2D eigenvalue weighted by atomic mass is 10.2. The Balaban J connectivity index is 2.31. The number of nitrogens with zero attached hydrogens (tertiary/aromatic N) is 2. The Bertz CT molecular complexity index is 544. The number of methoxy groups -OCH3 is 1. The van der Waals surface area contributed by atoms with Crippen molar-refractivity contribution in [3.63, 3.8) is 0 Å². The summed E-state index contributed by atoms with van der Waals surface area (Å²) >= 11 is 11.2. The van der Waals surface area contributed by atoms with E-state index in [9.17, 15) is 9.50 Å². The van der Waals surface area contributed by atoms with E-state index in [4.69, 9.17) is 28.6 Å². The molecule has 1 fully saturated rings. The second kappa shape index (κ2) is 6.77. The fourth-order valence-electron chi connectivity index (χ4n) is 2.30. The highest BCUT2D eigenvalue weighted by Crippen LogP contribution is 2.35. The third-order valence-electron chi connectivity index (χ3n) is 3.42. The summed E-state index contributed by atoms with van der Waals surface area (Å²) in [7, 11) is 1.45. The number of thiocarbonyl (C=S) groups is 1. The Morgan fingerprint density at radius 1 is 1.52 bits per heavy atom. The van der Waals surface area contributed by atoms with Crippen LogP contribution in [0.4, 0.5) is 10.1 Å². The number of halogens is 2. The molecule has 0 bridgehead atoms. The molecule has 2 rings (SSSR count). The highest BCUT2D eigenvalue weighted by atomic mass is 35.5. The van der Waals surface area contributed by atoms with Gasteiger partial charge in [0.1, 0.15) is 11.6 Å². The SMILES string of the molecule is CCCCN1CC(O)N(c2cc(OC)c(Cl)cc2F)C1=S. The number of hydrogen-bond donors (Lipinski definition) is 1. The first-order valence-corrected chi connectivity index (χ1v) is 7.57. The smallest absolute Gasteiger partial charge is 0.178 e. The first kappa shape index (κ1) is 16.3. The van der Waals surface area contributed by atoms with Crippen LogP contribution in [-0.2, 0) is 0 Å². The van der Waals surface area contributed by atoms with Crippen LogP contribution < -0.4 is 9.64 Å². The van der Waals surface area contributed by atoms with E-state index in [0.717, 1.165) is 19.4 Å². The summed E-state index contributed by atoms with van der Waals surface area (Å²) in [5.41, 5.74) is 0.174. The molecular formula is C14H18ClFN2O2S. The molecular weight excluding hydrogens is 315 g/mol. The number of aliphatic hydroxyl groups excluding tert-OH is 1. The molecule has 0 aromatic heterocycles. The van der Waals surface area contributed by atoms with Crippen LogP contribution in [0.5, 0.6) is 5.75 Å². The van der Waals surface area contributed by atoms with E-state index in [-0.39, 0.29) is 10.7 Å². The van der Waals surface area contributed by atoms with Crippen LogP contribution in [0.25, 0.3) is 0 Å². The van der Waals surface area contributed by atoms with Crippen molar-refractivity contribution < 1.29 is 14.2 Å². The Kier molecular flexibility index (Phi) is 5.24. The first-order valence-electron chi connectivity index (χ1n) is 6.78. The third-order valence-corrected chi connectivity index (χ3v) is 4.17. The molecule has 1 unspecified atom stereocenters. The van der Waals surface area contributed by atoms with Gasteiger partial charge in [0.15, 0.2) is 11.3 Å². The van der Waals surface area contributed by atoms with E-state index in [0.29, 0.717) is 17.4 Å². The number of unbranched alkanes of at least 4 members (excludes halogenated alkanes) is 1. The minimum Gasteiger partial charge on any atom is -0.495 e.